The number of carbonyl (C=O) groups excluding carboxylic acids is 1. The average Bonchev–Trinajstić information content (AvgIpc) is 2.28. The zero-order valence-corrected chi connectivity index (χ0v) is 10.6. The SMILES string of the molecule is CCC(O)C1CCCCN1CC(=O)N(C)C. The van der Waals surface area contributed by atoms with E-state index in [0.29, 0.717) is 6.54 Å². The van der Waals surface area contributed by atoms with Gasteiger partial charge in [-0.2, -0.15) is 0 Å². The predicted molar refractivity (Wildman–Crippen MR) is 64.2 cm³/mol. The molecule has 94 valence electrons. The highest BCUT2D eigenvalue weighted by Crippen LogP contribution is 2.21. The Morgan fingerprint density at radius 1 is 1.50 bits per heavy atom. The van der Waals surface area contributed by atoms with E-state index >= 15 is 0 Å². The first-order chi connectivity index (χ1) is 7.56. The maximum Gasteiger partial charge on any atom is 0.236 e. The van der Waals surface area contributed by atoms with Crippen molar-refractivity contribution in [2.24, 2.45) is 0 Å². The van der Waals surface area contributed by atoms with Crippen molar-refractivity contribution in [1.82, 2.24) is 9.80 Å². The molecule has 4 heteroatoms. The van der Waals surface area contributed by atoms with Crippen LogP contribution >= 0.6 is 0 Å². The van der Waals surface area contributed by atoms with Crippen molar-refractivity contribution < 1.29 is 9.90 Å². The minimum absolute atomic E-state index is 0.121. The van der Waals surface area contributed by atoms with Crippen LogP contribution in [0.4, 0.5) is 0 Å². The summed E-state index contributed by atoms with van der Waals surface area (Å²) in [5, 5.41) is 9.94. The molecular formula is C12H24N2O2. The normalized spacial score (nSPS) is 24.1. The standard InChI is InChI=1S/C12H24N2O2/c1-4-11(15)10-7-5-6-8-14(10)9-12(16)13(2)3/h10-11,15H,4-9H2,1-3H3. The molecule has 0 radical (unpaired) electrons. The third-order valence-electron chi connectivity index (χ3n) is 3.36. The maximum absolute atomic E-state index is 11.7. The molecule has 0 aromatic heterocycles. The molecule has 1 aliphatic rings. The number of nitrogens with zero attached hydrogens (tertiary/aromatic N) is 2. The summed E-state index contributed by atoms with van der Waals surface area (Å²) in [4.78, 5) is 15.4. The van der Waals surface area contributed by atoms with Gasteiger partial charge in [0.15, 0.2) is 0 Å². The Morgan fingerprint density at radius 3 is 2.75 bits per heavy atom. The van der Waals surface area contributed by atoms with Gasteiger partial charge in [0.2, 0.25) is 5.91 Å². The summed E-state index contributed by atoms with van der Waals surface area (Å²) in [5.74, 6) is 0.121. The first-order valence-corrected chi connectivity index (χ1v) is 6.18. The van der Waals surface area contributed by atoms with Gasteiger partial charge in [-0.1, -0.05) is 13.3 Å². The van der Waals surface area contributed by atoms with Crippen LogP contribution in [0.2, 0.25) is 0 Å². The summed E-state index contributed by atoms with van der Waals surface area (Å²) in [7, 11) is 3.55. The van der Waals surface area contributed by atoms with E-state index in [4.69, 9.17) is 0 Å². The fourth-order valence-corrected chi connectivity index (χ4v) is 2.24. The van der Waals surface area contributed by atoms with E-state index in [-0.39, 0.29) is 18.1 Å². The molecular weight excluding hydrogens is 204 g/mol. The van der Waals surface area contributed by atoms with Gasteiger partial charge in [-0.05, 0) is 25.8 Å². The number of piperidine rings is 1. The lowest BCUT2D eigenvalue weighted by atomic mass is 9.96. The molecule has 0 aromatic carbocycles. The number of likely N-dealkylation sites (tertiary alicyclic amines) is 1. The zero-order valence-electron chi connectivity index (χ0n) is 10.6. The highest BCUT2D eigenvalue weighted by molar-refractivity contribution is 5.77. The molecule has 1 fully saturated rings. The molecule has 0 aromatic rings. The van der Waals surface area contributed by atoms with E-state index in [1.54, 1.807) is 19.0 Å². The van der Waals surface area contributed by atoms with Gasteiger partial charge in [-0.3, -0.25) is 9.69 Å². The second-order valence-electron chi connectivity index (χ2n) is 4.80. The summed E-state index contributed by atoms with van der Waals surface area (Å²) in [5.41, 5.74) is 0. The first-order valence-electron chi connectivity index (χ1n) is 6.18. The Morgan fingerprint density at radius 2 is 2.19 bits per heavy atom. The van der Waals surface area contributed by atoms with Crippen LogP contribution in [-0.4, -0.2) is 60.1 Å². The van der Waals surface area contributed by atoms with E-state index < -0.39 is 0 Å². The van der Waals surface area contributed by atoms with Gasteiger partial charge in [0.1, 0.15) is 0 Å². The molecule has 0 saturated carbocycles. The summed E-state index contributed by atoms with van der Waals surface area (Å²) in [6, 6.07) is 0.169. The van der Waals surface area contributed by atoms with Crippen molar-refractivity contribution in [2.45, 2.75) is 44.8 Å². The molecule has 0 aliphatic carbocycles. The minimum Gasteiger partial charge on any atom is -0.392 e. The quantitative estimate of drug-likeness (QED) is 0.770. The number of aliphatic hydroxyl groups is 1. The van der Waals surface area contributed by atoms with Crippen molar-refractivity contribution in [1.29, 1.82) is 0 Å². The Bertz CT molecular complexity index is 231. The van der Waals surface area contributed by atoms with Crippen LogP contribution in [-0.2, 0) is 4.79 Å². The second kappa shape index (κ2) is 6.21. The van der Waals surface area contributed by atoms with Crippen molar-refractivity contribution >= 4 is 5.91 Å². The minimum atomic E-state index is -0.296. The molecule has 2 atom stereocenters. The van der Waals surface area contributed by atoms with Crippen LogP contribution < -0.4 is 0 Å². The molecule has 1 aliphatic heterocycles. The monoisotopic (exact) mass is 228 g/mol. The lowest BCUT2D eigenvalue weighted by Crippen LogP contribution is -2.50. The number of amides is 1. The second-order valence-corrected chi connectivity index (χ2v) is 4.80. The van der Waals surface area contributed by atoms with Crippen molar-refractivity contribution in [3.05, 3.63) is 0 Å². The molecule has 1 saturated heterocycles. The van der Waals surface area contributed by atoms with Gasteiger partial charge in [0.25, 0.3) is 0 Å². The van der Waals surface area contributed by atoms with Gasteiger partial charge < -0.3 is 10.0 Å². The van der Waals surface area contributed by atoms with Gasteiger partial charge in [0.05, 0.1) is 12.6 Å². The van der Waals surface area contributed by atoms with E-state index in [2.05, 4.69) is 4.90 Å². The van der Waals surface area contributed by atoms with Crippen LogP contribution in [0, 0.1) is 0 Å². The molecule has 16 heavy (non-hydrogen) atoms. The van der Waals surface area contributed by atoms with Gasteiger partial charge in [-0.15, -0.1) is 0 Å². The lowest BCUT2D eigenvalue weighted by molar-refractivity contribution is -0.131. The van der Waals surface area contributed by atoms with Crippen LogP contribution in [0.5, 0.6) is 0 Å². The number of hydrogen-bond acceptors (Lipinski definition) is 3. The highest BCUT2D eigenvalue weighted by atomic mass is 16.3. The molecule has 1 amide bonds. The Balaban J connectivity index is 2.56. The maximum atomic E-state index is 11.7. The Hall–Kier alpha value is -0.610. The number of carbonyl (C=O) groups is 1. The Labute approximate surface area is 98.2 Å². The van der Waals surface area contributed by atoms with Gasteiger partial charge in [-0.25, -0.2) is 0 Å². The summed E-state index contributed by atoms with van der Waals surface area (Å²) < 4.78 is 0. The highest BCUT2D eigenvalue weighted by Gasteiger charge is 2.29. The molecule has 1 rings (SSSR count). The van der Waals surface area contributed by atoms with Crippen LogP contribution in [0.25, 0.3) is 0 Å². The topological polar surface area (TPSA) is 43.8 Å². The molecule has 0 spiro atoms. The van der Waals surface area contributed by atoms with Gasteiger partial charge >= 0.3 is 0 Å². The third kappa shape index (κ3) is 3.46. The molecule has 2 unspecified atom stereocenters. The number of likely N-dealkylation sites (N-methyl/N-ethyl adjacent to an activating group) is 1. The smallest absolute Gasteiger partial charge is 0.236 e. The van der Waals surface area contributed by atoms with E-state index in [1.165, 1.54) is 0 Å². The fraction of sp³-hybridized carbons (Fsp3) is 0.917. The van der Waals surface area contributed by atoms with Crippen LogP contribution in [0.15, 0.2) is 0 Å². The van der Waals surface area contributed by atoms with Crippen LogP contribution in [0.1, 0.15) is 32.6 Å². The van der Waals surface area contributed by atoms with E-state index in [9.17, 15) is 9.90 Å². The number of hydrogen-bond donors (Lipinski definition) is 1. The molecule has 0 bridgehead atoms. The number of aliphatic hydroxyl groups excluding tert-OH is 1. The number of rotatable bonds is 4. The zero-order chi connectivity index (χ0) is 12.1. The van der Waals surface area contributed by atoms with Crippen molar-refractivity contribution in [2.75, 3.05) is 27.2 Å². The average molecular weight is 228 g/mol. The van der Waals surface area contributed by atoms with Crippen molar-refractivity contribution in [3.63, 3.8) is 0 Å². The Kier molecular flexibility index (Phi) is 5.22. The summed E-state index contributed by atoms with van der Waals surface area (Å²) in [6.07, 6.45) is 3.77. The molecule has 1 heterocycles. The third-order valence-corrected chi connectivity index (χ3v) is 3.36. The lowest BCUT2D eigenvalue weighted by Gasteiger charge is -2.38. The largest absolute Gasteiger partial charge is 0.392 e. The van der Waals surface area contributed by atoms with E-state index in [1.807, 2.05) is 6.92 Å². The van der Waals surface area contributed by atoms with Crippen LogP contribution in [0.3, 0.4) is 0 Å². The van der Waals surface area contributed by atoms with Crippen molar-refractivity contribution in [3.8, 4) is 0 Å². The summed E-state index contributed by atoms with van der Waals surface area (Å²) in [6.45, 7) is 3.36. The summed E-state index contributed by atoms with van der Waals surface area (Å²) >= 11 is 0. The van der Waals surface area contributed by atoms with E-state index in [0.717, 1.165) is 32.2 Å². The first kappa shape index (κ1) is 13.5. The molecule has 1 N–H and O–H groups in total. The molecule has 4 nitrogen and oxygen atoms in total. The fourth-order valence-electron chi connectivity index (χ4n) is 2.24. The predicted octanol–water partition coefficient (Wildman–Crippen LogP) is 0.700. The van der Waals surface area contributed by atoms with Gasteiger partial charge in [0, 0.05) is 20.1 Å².